The first-order valence-corrected chi connectivity index (χ1v) is 7.73. The number of rotatable bonds is 4. The molecule has 0 aliphatic carbocycles. The van der Waals surface area contributed by atoms with Crippen molar-refractivity contribution in [1.82, 2.24) is 9.97 Å². The molecule has 126 valence electrons. The molecule has 1 fully saturated rings. The van der Waals surface area contributed by atoms with E-state index in [1.54, 1.807) is 6.92 Å². The largest absolute Gasteiger partial charge is 0.378 e. The average Bonchev–Trinajstić information content (AvgIpc) is 2.59. The van der Waals surface area contributed by atoms with Crippen LogP contribution in [0, 0.1) is 24.0 Å². The molecule has 0 unspecified atom stereocenters. The first-order chi connectivity index (χ1) is 11.5. The number of anilines is 3. The van der Waals surface area contributed by atoms with Crippen LogP contribution in [0.15, 0.2) is 24.4 Å². The number of aryl methyl sites for hydroxylation is 2. The number of nitro groups is 1. The second-order valence-electron chi connectivity index (χ2n) is 5.64. The molecule has 0 atom stereocenters. The zero-order valence-electron chi connectivity index (χ0n) is 13.7. The van der Waals surface area contributed by atoms with Crippen LogP contribution in [-0.4, -0.2) is 41.2 Å². The van der Waals surface area contributed by atoms with Crippen molar-refractivity contribution in [2.45, 2.75) is 13.8 Å². The Labute approximate surface area is 139 Å². The molecule has 2 aromatic rings. The molecule has 8 heteroatoms. The molecule has 1 aliphatic rings. The Bertz CT molecular complexity index is 759. The van der Waals surface area contributed by atoms with E-state index in [9.17, 15) is 10.1 Å². The minimum Gasteiger partial charge on any atom is -0.378 e. The van der Waals surface area contributed by atoms with Crippen molar-refractivity contribution in [2.24, 2.45) is 0 Å². The molecule has 1 N–H and O–H groups in total. The summed E-state index contributed by atoms with van der Waals surface area (Å²) in [4.78, 5) is 21.3. The molecule has 0 saturated carbocycles. The lowest BCUT2D eigenvalue weighted by Gasteiger charge is -2.28. The van der Waals surface area contributed by atoms with Crippen LogP contribution in [0.3, 0.4) is 0 Å². The lowest BCUT2D eigenvalue weighted by molar-refractivity contribution is -0.385. The fourth-order valence-corrected chi connectivity index (χ4v) is 2.57. The summed E-state index contributed by atoms with van der Waals surface area (Å²) >= 11 is 0. The third kappa shape index (κ3) is 3.43. The first kappa shape index (κ1) is 16.1. The van der Waals surface area contributed by atoms with Crippen LogP contribution in [-0.2, 0) is 4.74 Å². The molecule has 1 saturated heterocycles. The summed E-state index contributed by atoms with van der Waals surface area (Å²) in [6, 6.07) is 5.41. The van der Waals surface area contributed by atoms with Crippen LogP contribution < -0.4 is 10.2 Å². The van der Waals surface area contributed by atoms with Gasteiger partial charge in [0.25, 0.3) is 5.69 Å². The van der Waals surface area contributed by atoms with Crippen LogP contribution in [0.25, 0.3) is 0 Å². The SMILES string of the molecule is Cc1cc([N+](=O)[O-])cnc1Nc1ccc(N2CCOCC2)nc1C. The van der Waals surface area contributed by atoms with Crippen molar-refractivity contribution in [3.8, 4) is 0 Å². The van der Waals surface area contributed by atoms with Gasteiger partial charge >= 0.3 is 0 Å². The van der Waals surface area contributed by atoms with Gasteiger partial charge in [0.05, 0.1) is 29.5 Å². The van der Waals surface area contributed by atoms with Gasteiger partial charge in [-0.3, -0.25) is 10.1 Å². The highest BCUT2D eigenvalue weighted by molar-refractivity contribution is 5.64. The van der Waals surface area contributed by atoms with E-state index in [0.29, 0.717) is 24.6 Å². The Balaban J connectivity index is 1.79. The normalized spacial score (nSPS) is 14.5. The molecule has 0 aromatic carbocycles. The van der Waals surface area contributed by atoms with Gasteiger partial charge in [-0.1, -0.05) is 0 Å². The van der Waals surface area contributed by atoms with Crippen LogP contribution in [0.5, 0.6) is 0 Å². The number of hydrogen-bond acceptors (Lipinski definition) is 7. The Kier molecular flexibility index (Phi) is 4.57. The van der Waals surface area contributed by atoms with Crippen molar-refractivity contribution in [2.75, 3.05) is 36.5 Å². The number of pyridine rings is 2. The standard InChI is InChI=1S/C16H19N5O3/c1-11-9-13(21(22)23)10-17-16(11)19-14-3-4-15(18-12(14)2)20-5-7-24-8-6-20/h3-4,9-10H,5-8H2,1-2H3,(H,17,19). The Morgan fingerprint density at radius 3 is 2.67 bits per heavy atom. The van der Waals surface area contributed by atoms with Crippen LogP contribution in [0.2, 0.25) is 0 Å². The summed E-state index contributed by atoms with van der Waals surface area (Å²) in [6.07, 6.45) is 1.25. The molecular formula is C16H19N5O3. The van der Waals surface area contributed by atoms with Crippen molar-refractivity contribution in [3.63, 3.8) is 0 Å². The number of aromatic nitrogens is 2. The van der Waals surface area contributed by atoms with Crippen molar-refractivity contribution >= 4 is 23.0 Å². The van der Waals surface area contributed by atoms with Crippen molar-refractivity contribution in [3.05, 3.63) is 45.8 Å². The second kappa shape index (κ2) is 6.79. The van der Waals surface area contributed by atoms with Gasteiger partial charge in [0, 0.05) is 19.2 Å². The van der Waals surface area contributed by atoms with Gasteiger partial charge in [-0.05, 0) is 31.5 Å². The number of morpholine rings is 1. The third-order valence-corrected chi connectivity index (χ3v) is 3.93. The van der Waals surface area contributed by atoms with Gasteiger partial charge in [-0.15, -0.1) is 0 Å². The maximum absolute atomic E-state index is 10.8. The van der Waals surface area contributed by atoms with Gasteiger partial charge in [0.1, 0.15) is 17.8 Å². The third-order valence-electron chi connectivity index (χ3n) is 3.93. The van der Waals surface area contributed by atoms with E-state index < -0.39 is 4.92 Å². The van der Waals surface area contributed by atoms with E-state index >= 15 is 0 Å². The minimum absolute atomic E-state index is 0.0180. The van der Waals surface area contributed by atoms with E-state index in [0.717, 1.165) is 30.3 Å². The van der Waals surface area contributed by atoms with Gasteiger partial charge in [0.2, 0.25) is 0 Å². The smallest absolute Gasteiger partial charge is 0.287 e. The molecule has 0 spiro atoms. The predicted molar refractivity (Wildman–Crippen MR) is 90.9 cm³/mol. The Morgan fingerprint density at radius 2 is 2.04 bits per heavy atom. The maximum atomic E-state index is 10.8. The molecule has 0 amide bonds. The molecule has 8 nitrogen and oxygen atoms in total. The summed E-state index contributed by atoms with van der Waals surface area (Å²) < 4.78 is 5.36. The molecule has 24 heavy (non-hydrogen) atoms. The minimum atomic E-state index is -0.451. The van der Waals surface area contributed by atoms with E-state index in [2.05, 4.69) is 20.2 Å². The van der Waals surface area contributed by atoms with Gasteiger partial charge in [0.15, 0.2) is 0 Å². The first-order valence-electron chi connectivity index (χ1n) is 7.73. The fraction of sp³-hybridized carbons (Fsp3) is 0.375. The molecule has 3 heterocycles. The van der Waals surface area contributed by atoms with E-state index in [4.69, 9.17) is 4.74 Å². The monoisotopic (exact) mass is 329 g/mol. The lowest BCUT2D eigenvalue weighted by Crippen LogP contribution is -2.36. The van der Waals surface area contributed by atoms with Gasteiger partial charge < -0.3 is 15.0 Å². The van der Waals surface area contributed by atoms with Crippen LogP contribution in [0.1, 0.15) is 11.3 Å². The highest BCUT2D eigenvalue weighted by Crippen LogP contribution is 2.25. The highest BCUT2D eigenvalue weighted by atomic mass is 16.6. The number of ether oxygens (including phenoxy) is 1. The topological polar surface area (TPSA) is 93.4 Å². The van der Waals surface area contributed by atoms with Crippen molar-refractivity contribution in [1.29, 1.82) is 0 Å². The number of nitrogens with zero attached hydrogens (tertiary/aromatic N) is 4. The fourth-order valence-electron chi connectivity index (χ4n) is 2.57. The molecule has 1 aliphatic heterocycles. The number of hydrogen-bond donors (Lipinski definition) is 1. The summed E-state index contributed by atoms with van der Waals surface area (Å²) in [5.74, 6) is 1.51. The van der Waals surface area contributed by atoms with Crippen molar-refractivity contribution < 1.29 is 9.66 Å². The summed E-state index contributed by atoms with van der Waals surface area (Å²) in [7, 11) is 0. The lowest BCUT2D eigenvalue weighted by atomic mass is 10.2. The van der Waals surface area contributed by atoms with E-state index in [1.807, 2.05) is 19.1 Å². The second-order valence-corrected chi connectivity index (χ2v) is 5.64. The quantitative estimate of drug-likeness (QED) is 0.680. The summed E-state index contributed by atoms with van der Waals surface area (Å²) in [6.45, 7) is 6.81. The zero-order valence-corrected chi connectivity index (χ0v) is 13.7. The molecule has 3 rings (SSSR count). The zero-order chi connectivity index (χ0) is 17.1. The molecule has 0 bridgehead atoms. The van der Waals surface area contributed by atoms with E-state index in [-0.39, 0.29) is 5.69 Å². The van der Waals surface area contributed by atoms with E-state index in [1.165, 1.54) is 12.3 Å². The van der Waals surface area contributed by atoms with Gasteiger partial charge in [-0.25, -0.2) is 9.97 Å². The Hall–Kier alpha value is -2.74. The predicted octanol–water partition coefficient (Wildman–Crippen LogP) is 2.58. The summed E-state index contributed by atoms with van der Waals surface area (Å²) in [5.41, 5.74) is 2.37. The maximum Gasteiger partial charge on any atom is 0.287 e. The molecule has 2 aromatic heterocycles. The summed E-state index contributed by atoms with van der Waals surface area (Å²) in [5, 5.41) is 14.0. The molecule has 0 radical (unpaired) electrons. The average molecular weight is 329 g/mol. The highest BCUT2D eigenvalue weighted by Gasteiger charge is 2.14. The van der Waals surface area contributed by atoms with Crippen LogP contribution >= 0.6 is 0 Å². The van der Waals surface area contributed by atoms with Gasteiger partial charge in [-0.2, -0.15) is 0 Å². The number of nitrogens with one attached hydrogen (secondary N) is 1. The molecular weight excluding hydrogens is 310 g/mol. The van der Waals surface area contributed by atoms with Crippen LogP contribution in [0.4, 0.5) is 23.0 Å². The Morgan fingerprint density at radius 1 is 1.29 bits per heavy atom.